The van der Waals surface area contributed by atoms with Crippen molar-refractivity contribution in [2.24, 2.45) is 0 Å². The number of anilines is 3. The van der Waals surface area contributed by atoms with Crippen molar-refractivity contribution in [3.8, 4) is 0 Å². The molecule has 0 spiro atoms. The second-order valence-corrected chi connectivity index (χ2v) is 9.15. The molecule has 1 unspecified atom stereocenters. The summed E-state index contributed by atoms with van der Waals surface area (Å²) in [5.74, 6) is 1.71. The molecular weight excluding hydrogens is 463 g/mol. The lowest BCUT2D eigenvalue weighted by molar-refractivity contribution is -0.137. The van der Waals surface area contributed by atoms with Gasteiger partial charge in [0.2, 0.25) is 0 Å². The van der Waals surface area contributed by atoms with Crippen LogP contribution in [0.5, 0.6) is 0 Å². The monoisotopic (exact) mass is 481 g/mol. The Labute approximate surface area is 190 Å². The lowest BCUT2D eigenvalue weighted by Crippen LogP contribution is -2.33. The van der Waals surface area contributed by atoms with E-state index in [0.717, 1.165) is 23.4 Å². The number of halogens is 4. The topological polar surface area (TPSA) is 71.0 Å². The van der Waals surface area contributed by atoms with Crippen molar-refractivity contribution in [2.45, 2.75) is 24.9 Å². The van der Waals surface area contributed by atoms with Crippen LogP contribution in [0.15, 0.2) is 42.6 Å². The van der Waals surface area contributed by atoms with Gasteiger partial charge in [0.05, 0.1) is 28.6 Å². The Morgan fingerprint density at radius 1 is 1.19 bits per heavy atom. The van der Waals surface area contributed by atoms with Crippen LogP contribution in [0.3, 0.4) is 0 Å². The third-order valence-corrected chi connectivity index (χ3v) is 5.92. The third kappa shape index (κ3) is 5.02. The van der Waals surface area contributed by atoms with Gasteiger partial charge in [-0.05, 0) is 42.8 Å². The molecule has 0 amide bonds. The smallest absolute Gasteiger partial charge is 0.349 e. The van der Waals surface area contributed by atoms with Crippen LogP contribution in [0, 0.1) is 0 Å². The zero-order chi connectivity index (χ0) is 22.9. The van der Waals surface area contributed by atoms with E-state index in [1.54, 1.807) is 24.6 Å². The number of alkyl halides is 3. The van der Waals surface area contributed by atoms with E-state index >= 15 is 0 Å². The molecule has 6 nitrogen and oxygen atoms in total. The summed E-state index contributed by atoms with van der Waals surface area (Å²) in [7, 11) is -1.16. The predicted octanol–water partition coefficient (Wildman–Crippen LogP) is 4.73. The summed E-state index contributed by atoms with van der Waals surface area (Å²) in [6.07, 6.45) is -0.590. The predicted molar refractivity (Wildman–Crippen MR) is 119 cm³/mol. The molecule has 0 saturated carbocycles. The Kier molecular flexibility index (Phi) is 6.34. The second kappa shape index (κ2) is 9.03. The first-order chi connectivity index (χ1) is 15.2. The van der Waals surface area contributed by atoms with E-state index < -0.39 is 22.5 Å². The molecule has 1 aliphatic heterocycles. The number of nitrogens with one attached hydrogen (secondary N) is 1. The fourth-order valence-electron chi connectivity index (χ4n) is 3.50. The van der Waals surface area contributed by atoms with Crippen molar-refractivity contribution in [2.75, 3.05) is 23.0 Å². The molecule has 3 aromatic rings. The Balaban J connectivity index is 1.67. The standard InChI is InChI=1S/C21H19ClF3N5OS/c1-32(31)12-18-28-17-11-30(20-16(22)3-2-9-26-20)10-8-15(17)19(29-18)27-14-6-4-13(5-7-14)21(23,24)25/h2-7,9H,8,10-12H2,1H3,(H,27,28,29). The molecule has 1 atom stereocenters. The number of nitrogens with zero attached hydrogens (tertiary/aromatic N) is 4. The van der Waals surface area contributed by atoms with Crippen molar-refractivity contribution in [3.63, 3.8) is 0 Å². The highest BCUT2D eigenvalue weighted by molar-refractivity contribution is 7.83. The van der Waals surface area contributed by atoms with Gasteiger partial charge in [-0.2, -0.15) is 13.2 Å². The summed E-state index contributed by atoms with van der Waals surface area (Å²) in [5, 5.41) is 3.64. The summed E-state index contributed by atoms with van der Waals surface area (Å²) in [6, 6.07) is 8.27. The maximum absolute atomic E-state index is 12.9. The van der Waals surface area contributed by atoms with Gasteiger partial charge < -0.3 is 10.2 Å². The van der Waals surface area contributed by atoms with E-state index in [9.17, 15) is 17.4 Å². The normalized spacial score (nSPS) is 14.7. The molecular formula is C21H19ClF3N5OS. The Bertz CT molecular complexity index is 1160. The molecule has 0 radical (unpaired) electrons. The van der Waals surface area contributed by atoms with Crippen LogP contribution < -0.4 is 10.2 Å². The Morgan fingerprint density at radius 2 is 1.94 bits per heavy atom. The van der Waals surface area contributed by atoms with Crippen LogP contribution >= 0.6 is 11.6 Å². The molecule has 0 saturated heterocycles. The maximum Gasteiger partial charge on any atom is 0.416 e. The summed E-state index contributed by atoms with van der Waals surface area (Å²) < 4.78 is 50.4. The summed E-state index contributed by atoms with van der Waals surface area (Å²) in [6.45, 7) is 1.05. The Morgan fingerprint density at radius 3 is 2.59 bits per heavy atom. The molecule has 2 aromatic heterocycles. The third-order valence-electron chi connectivity index (χ3n) is 4.96. The largest absolute Gasteiger partial charge is 0.416 e. The minimum atomic E-state index is -4.40. The van der Waals surface area contributed by atoms with Crippen molar-refractivity contribution in [3.05, 3.63) is 70.3 Å². The van der Waals surface area contributed by atoms with Gasteiger partial charge in [0.25, 0.3) is 0 Å². The molecule has 3 heterocycles. The number of fused-ring (bicyclic) bond motifs is 1. The molecule has 1 N–H and O–H groups in total. The van der Waals surface area contributed by atoms with Crippen LogP contribution in [0.4, 0.5) is 30.5 Å². The van der Waals surface area contributed by atoms with Crippen molar-refractivity contribution < 1.29 is 17.4 Å². The average Bonchev–Trinajstić information content (AvgIpc) is 2.73. The summed E-state index contributed by atoms with van der Waals surface area (Å²) >= 11 is 6.30. The quantitative estimate of drug-likeness (QED) is 0.568. The van der Waals surface area contributed by atoms with E-state index in [-0.39, 0.29) is 5.75 Å². The highest BCUT2D eigenvalue weighted by Gasteiger charge is 2.30. The van der Waals surface area contributed by atoms with Crippen LogP contribution in [0.2, 0.25) is 5.02 Å². The molecule has 1 aliphatic rings. The van der Waals surface area contributed by atoms with E-state index in [0.29, 0.717) is 47.7 Å². The lowest BCUT2D eigenvalue weighted by Gasteiger charge is -2.30. The molecule has 0 aliphatic carbocycles. The number of aromatic nitrogens is 3. The van der Waals surface area contributed by atoms with Gasteiger partial charge in [0.15, 0.2) is 0 Å². The van der Waals surface area contributed by atoms with Gasteiger partial charge in [-0.25, -0.2) is 15.0 Å². The zero-order valence-electron chi connectivity index (χ0n) is 17.0. The Hall–Kier alpha value is -2.72. The number of pyridine rings is 1. The van der Waals surface area contributed by atoms with E-state index in [1.165, 1.54) is 12.1 Å². The number of benzene rings is 1. The number of hydrogen-bond acceptors (Lipinski definition) is 6. The first-order valence-corrected chi connectivity index (χ1v) is 11.8. The fraction of sp³-hybridized carbons (Fsp3) is 0.286. The van der Waals surface area contributed by atoms with Crippen LogP contribution in [0.25, 0.3) is 0 Å². The average molecular weight is 482 g/mol. The van der Waals surface area contributed by atoms with Crippen molar-refractivity contribution >= 4 is 39.7 Å². The van der Waals surface area contributed by atoms with Crippen molar-refractivity contribution in [1.29, 1.82) is 0 Å². The fourth-order valence-corrected chi connectivity index (χ4v) is 4.24. The van der Waals surface area contributed by atoms with Crippen LogP contribution in [-0.2, 0) is 35.7 Å². The SMILES string of the molecule is CS(=O)Cc1nc2c(c(Nc3ccc(C(F)(F)F)cc3)n1)CCN(c1ncccc1Cl)C2. The maximum atomic E-state index is 12.9. The minimum Gasteiger partial charge on any atom is -0.349 e. The molecule has 168 valence electrons. The van der Waals surface area contributed by atoms with Gasteiger partial charge in [0.1, 0.15) is 17.5 Å². The molecule has 32 heavy (non-hydrogen) atoms. The minimum absolute atomic E-state index is 0.166. The molecule has 0 fully saturated rings. The summed E-state index contributed by atoms with van der Waals surface area (Å²) in [4.78, 5) is 15.5. The van der Waals surface area contributed by atoms with E-state index in [1.807, 2.05) is 4.90 Å². The second-order valence-electron chi connectivity index (χ2n) is 7.31. The molecule has 11 heteroatoms. The van der Waals surface area contributed by atoms with E-state index in [4.69, 9.17) is 11.6 Å². The first-order valence-electron chi connectivity index (χ1n) is 9.69. The summed E-state index contributed by atoms with van der Waals surface area (Å²) in [5.41, 5.74) is 1.34. The highest BCUT2D eigenvalue weighted by Crippen LogP contribution is 2.33. The van der Waals surface area contributed by atoms with E-state index in [2.05, 4.69) is 20.3 Å². The lowest BCUT2D eigenvalue weighted by atomic mass is 10.0. The number of hydrogen-bond donors (Lipinski definition) is 1. The molecule has 0 bridgehead atoms. The number of rotatable bonds is 5. The molecule has 1 aromatic carbocycles. The van der Waals surface area contributed by atoms with Crippen LogP contribution in [-0.4, -0.2) is 32.0 Å². The van der Waals surface area contributed by atoms with Gasteiger partial charge in [-0.1, -0.05) is 11.6 Å². The van der Waals surface area contributed by atoms with Crippen LogP contribution in [0.1, 0.15) is 22.6 Å². The zero-order valence-corrected chi connectivity index (χ0v) is 18.6. The molecule has 4 rings (SSSR count). The van der Waals surface area contributed by atoms with Gasteiger partial charge in [-0.3, -0.25) is 4.21 Å². The van der Waals surface area contributed by atoms with Gasteiger partial charge >= 0.3 is 6.18 Å². The van der Waals surface area contributed by atoms with Gasteiger partial charge in [0, 0.05) is 41.0 Å². The van der Waals surface area contributed by atoms with Gasteiger partial charge in [-0.15, -0.1) is 0 Å². The van der Waals surface area contributed by atoms with Crippen molar-refractivity contribution in [1.82, 2.24) is 15.0 Å². The highest BCUT2D eigenvalue weighted by atomic mass is 35.5. The first kappa shape index (κ1) is 22.5.